The second-order valence-corrected chi connectivity index (χ2v) is 9.05. The van der Waals surface area contributed by atoms with Crippen molar-refractivity contribution >= 4 is 27.9 Å². The average molecular weight is 488 g/mol. The summed E-state index contributed by atoms with van der Waals surface area (Å²) >= 11 is 6.04. The topological polar surface area (TPSA) is 74.2 Å². The van der Waals surface area contributed by atoms with Crippen LogP contribution in [0.25, 0.3) is 0 Å². The Morgan fingerprint density at radius 2 is 1.73 bits per heavy atom. The first-order chi connectivity index (χ1) is 15.9. The van der Waals surface area contributed by atoms with Crippen LogP contribution < -0.4 is 8.92 Å². The van der Waals surface area contributed by atoms with E-state index in [2.05, 4.69) is 5.16 Å². The lowest BCUT2D eigenvalue weighted by atomic mass is 10.1. The minimum absolute atomic E-state index is 0.0798. The highest BCUT2D eigenvalue weighted by atomic mass is 35.5. The van der Waals surface area contributed by atoms with Crippen LogP contribution in [-0.4, -0.2) is 27.8 Å². The second-order valence-electron chi connectivity index (χ2n) is 7.13. The predicted molar refractivity (Wildman–Crippen MR) is 130 cm³/mol. The van der Waals surface area contributed by atoms with Gasteiger partial charge in [0.2, 0.25) is 0 Å². The average Bonchev–Trinajstić information content (AvgIpc) is 2.79. The second kappa shape index (κ2) is 11.7. The molecule has 3 rings (SSSR count). The zero-order valence-electron chi connectivity index (χ0n) is 18.5. The van der Waals surface area contributed by atoms with Gasteiger partial charge in [0.1, 0.15) is 23.0 Å². The van der Waals surface area contributed by atoms with Crippen LogP contribution >= 0.6 is 11.6 Å². The lowest BCUT2D eigenvalue weighted by Crippen LogP contribution is -2.11. The third kappa shape index (κ3) is 7.23. The van der Waals surface area contributed by atoms with E-state index in [-0.39, 0.29) is 15.7 Å². The Morgan fingerprint density at radius 1 is 0.939 bits per heavy atom. The van der Waals surface area contributed by atoms with E-state index in [0.29, 0.717) is 31.8 Å². The van der Waals surface area contributed by atoms with E-state index in [4.69, 9.17) is 25.4 Å². The predicted octanol–water partition coefficient (Wildman–Crippen LogP) is 5.66. The molecule has 3 aromatic rings. The van der Waals surface area contributed by atoms with E-state index in [1.807, 2.05) is 44.2 Å². The number of hydrogen-bond donors (Lipinski definition) is 0. The van der Waals surface area contributed by atoms with E-state index < -0.39 is 10.1 Å². The third-order valence-electron chi connectivity index (χ3n) is 4.68. The minimum Gasteiger partial charge on any atom is -0.493 e. The largest absolute Gasteiger partial charge is 0.493 e. The van der Waals surface area contributed by atoms with Crippen molar-refractivity contribution in [1.29, 1.82) is 0 Å². The molecule has 0 saturated carbocycles. The van der Waals surface area contributed by atoms with Crippen molar-refractivity contribution in [2.24, 2.45) is 5.16 Å². The summed E-state index contributed by atoms with van der Waals surface area (Å²) in [5.41, 5.74) is 2.92. The van der Waals surface area contributed by atoms with Gasteiger partial charge in [-0.15, -0.1) is 0 Å². The molecule has 8 heteroatoms. The van der Waals surface area contributed by atoms with Crippen molar-refractivity contribution < 1.29 is 22.2 Å². The smallest absolute Gasteiger partial charge is 0.340 e. The fourth-order valence-electron chi connectivity index (χ4n) is 3.07. The van der Waals surface area contributed by atoms with Gasteiger partial charge in [0.15, 0.2) is 0 Å². The maximum Gasteiger partial charge on any atom is 0.340 e. The van der Waals surface area contributed by atoms with Crippen LogP contribution in [0.1, 0.15) is 30.5 Å². The van der Waals surface area contributed by atoms with Crippen molar-refractivity contribution in [2.75, 3.05) is 13.2 Å². The summed E-state index contributed by atoms with van der Waals surface area (Å²) in [6, 6.07) is 19.2. The van der Waals surface area contributed by atoms with Crippen LogP contribution in [0, 0.1) is 0 Å². The van der Waals surface area contributed by atoms with Crippen molar-refractivity contribution in [3.05, 3.63) is 88.4 Å². The molecular formula is C25H26ClNO5S. The zero-order valence-corrected chi connectivity index (χ0v) is 20.1. The van der Waals surface area contributed by atoms with Gasteiger partial charge in [-0.3, -0.25) is 0 Å². The molecule has 0 atom stereocenters. The molecule has 3 aromatic carbocycles. The number of halogens is 1. The number of oxime groups is 1. The van der Waals surface area contributed by atoms with Crippen molar-refractivity contribution in [1.82, 2.24) is 0 Å². The van der Waals surface area contributed by atoms with E-state index in [0.717, 1.165) is 16.7 Å². The van der Waals surface area contributed by atoms with Gasteiger partial charge in [-0.05, 0) is 60.4 Å². The van der Waals surface area contributed by atoms with Crippen LogP contribution in [0.5, 0.6) is 11.5 Å². The van der Waals surface area contributed by atoms with Gasteiger partial charge in [-0.2, -0.15) is 8.42 Å². The van der Waals surface area contributed by atoms with E-state index in [9.17, 15) is 8.42 Å². The molecule has 0 aromatic heterocycles. The molecule has 0 aliphatic carbocycles. The van der Waals surface area contributed by atoms with Crippen molar-refractivity contribution in [2.45, 2.75) is 31.6 Å². The monoisotopic (exact) mass is 487 g/mol. The number of ether oxygens (including phenoxy) is 1. The first-order valence-electron chi connectivity index (χ1n) is 10.6. The molecule has 0 amide bonds. The highest BCUT2D eigenvalue weighted by Gasteiger charge is 2.20. The maximum absolute atomic E-state index is 12.7. The molecule has 33 heavy (non-hydrogen) atoms. The van der Waals surface area contributed by atoms with E-state index in [1.54, 1.807) is 30.5 Å². The summed E-state index contributed by atoms with van der Waals surface area (Å²) < 4.78 is 36.7. The summed E-state index contributed by atoms with van der Waals surface area (Å²) in [6.45, 7) is 4.78. The fourth-order valence-corrected chi connectivity index (χ4v) is 4.48. The molecule has 0 radical (unpaired) electrons. The molecule has 0 unspecified atom stereocenters. The number of hydrogen-bond acceptors (Lipinski definition) is 6. The lowest BCUT2D eigenvalue weighted by Gasteiger charge is -2.12. The first-order valence-corrected chi connectivity index (χ1v) is 12.4. The Balaban J connectivity index is 1.69. The molecule has 0 N–H and O–H groups in total. The molecule has 0 heterocycles. The third-order valence-corrected chi connectivity index (χ3v) is 6.42. The summed E-state index contributed by atoms with van der Waals surface area (Å²) in [5, 5.41) is 3.99. The van der Waals surface area contributed by atoms with Gasteiger partial charge in [0.05, 0.1) is 17.8 Å². The van der Waals surface area contributed by atoms with E-state index >= 15 is 0 Å². The standard InChI is InChI=1S/C25H26ClNO5S/c1-3-19-15-22(30-13-12-20-8-7-9-21(14-20)18-27-31-4-2)17-23(16-19)32-33(28,29)25-11-6-5-10-24(25)26/h5-11,14-18H,3-4,12-13H2,1-2H3. The molecule has 0 fully saturated rings. The Morgan fingerprint density at radius 3 is 2.48 bits per heavy atom. The number of rotatable bonds is 11. The van der Waals surface area contributed by atoms with Gasteiger partial charge in [0, 0.05) is 12.5 Å². The SMILES string of the molecule is CCON=Cc1cccc(CCOc2cc(CC)cc(OS(=O)(=O)c3ccccc3Cl)c2)c1. The molecule has 6 nitrogen and oxygen atoms in total. The number of aryl methyl sites for hydroxylation is 1. The van der Waals surface area contributed by atoms with Crippen LogP contribution in [-0.2, 0) is 27.8 Å². The van der Waals surface area contributed by atoms with Gasteiger partial charge >= 0.3 is 10.1 Å². The highest BCUT2D eigenvalue weighted by Crippen LogP contribution is 2.28. The Hall–Kier alpha value is -3.03. The lowest BCUT2D eigenvalue weighted by molar-refractivity contribution is 0.160. The summed E-state index contributed by atoms with van der Waals surface area (Å²) in [6.07, 6.45) is 3.03. The quantitative estimate of drug-likeness (QED) is 0.198. The van der Waals surface area contributed by atoms with Gasteiger partial charge in [-0.1, -0.05) is 54.0 Å². The van der Waals surface area contributed by atoms with Gasteiger partial charge < -0.3 is 13.8 Å². The molecule has 0 aliphatic rings. The molecule has 174 valence electrons. The number of nitrogens with zero attached hydrogens (tertiary/aromatic N) is 1. The molecule has 0 spiro atoms. The Kier molecular flexibility index (Phi) is 8.74. The number of benzene rings is 3. The minimum atomic E-state index is -4.07. The van der Waals surface area contributed by atoms with Crippen LogP contribution in [0.2, 0.25) is 5.02 Å². The highest BCUT2D eigenvalue weighted by molar-refractivity contribution is 7.87. The van der Waals surface area contributed by atoms with Gasteiger partial charge in [-0.25, -0.2) is 0 Å². The zero-order chi connectivity index (χ0) is 23.7. The van der Waals surface area contributed by atoms with Crippen molar-refractivity contribution in [3.63, 3.8) is 0 Å². The molecule has 0 aliphatic heterocycles. The molecule has 0 saturated heterocycles. The van der Waals surface area contributed by atoms with Gasteiger partial charge in [0.25, 0.3) is 0 Å². The normalized spacial score (nSPS) is 11.5. The molecule has 0 bridgehead atoms. The van der Waals surface area contributed by atoms with Crippen LogP contribution in [0.15, 0.2) is 76.8 Å². The molecular weight excluding hydrogens is 462 g/mol. The van der Waals surface area contributed by atoms with Crippen molar-refractivity contribution in [3.8, 4) is 11.5 Å². The fraction of sp³-hybridized carbons (Fsp3) is 0.240. The summed E-state index contributed by atoms with van der Waals surface area (Å²) in [5.74, 6) is 0.714. The van der Waals surface area contributed by atoms with E-state index in [1.165, 1.54) is 12.1 Å². The Labute approximate surface area is 199 Å². The summed E-state index contributed by atoms with van der Waals surface area (Å²) in [7, 11) is -4.07. The van der Waals surface area contributed by atoms with Crippen LogP contribution in [0.4, 0.5) is 0 Å². The first kappa shape index (κ1) is 24.6. The van der Waals surface area contributed by atoms with Crippen LogP contribution in [0.3, 0.4) is 0 Å². The maximum atomic E-state index is 12.7. The Bertz CT molecular complexity index is 1210. The summed E-state index contributed by atoms with van der Waals surface area (Å²) in [4.78, 5) is 4.92.